The van der Waals surface area contributed by atoms with Gasteiger partial charge in [-0.15, -0.1) is 0 Å². The molecule has 4 nitrogen and oxygen atoms in total. The molecule has 0 aliphatic heterocycles. The lowest BCUT2D eigenvalue weighted by Gasteiger charge is -2.13. The molecular weight excluding hydrogens is 312 g/mol. The van der Waals surface area contributed by atoms with Gasteiger partial charge in [0.25, 0.3) is 5.91 Å². The Balaban J connectivity index is 2.11. The Labute approximate surface area is 148 Å². The van der Waals surface area contributed by atoms with Crippen molar-refractivity contribution in [3.63, 3.8) is 0 Å². The number of hydrogen-bond acceptors (Lipinski definition) is 3. The molecule has 25 heavy (non-hydrogen) atoms. The molecule has 128 valence electrons. The first-order valence-electron chi connectivity index (χ1n) is 8.34. The van der Waals surface area contributed by atoms with Crippen LogP contribution in [0.3, 0.4) is 0 Å². The van der Waals surface area contributed by atoms with Gasteiger partial charge in [0.2, 0.25) is 0 Å². The van der Waals surface area contributed by atoms with Crippen molar-refractivity contribution in [1.82, 2.24) is 5.32 Å². The van der Waals surface area contributed by atoms with Gasteiger partial charge in [0.05, 0.1) is 12.6 Å². The standard InChI is InChI=1S/C21H22N2O2/c1-3-12-25-20-11-7-8-17(14-20)13-19(15-22)21(24)23-16(2)18-9-5-4-6-10-18/h4-11,13-14,16H,3,12H2,1-2H3,(H,23,24). The highest BCUT2D eigenvalue weighted by atomic mass is 16.5. The van der Waals surface area contributed by atoms with E-state index in [1.807, 2.05) is 74.5 Å². The molecule has 1 unspecified atom stereocenters. The first-order chi connectivity index (χ1) is 12.1. The van der Waals surface area contributed by atoms with Crippen molar-refractivity contribution in [1.29, 1.82) is 5.26 Å². The van der Waals surface area contributed by atoms with Gasteiger partial charge < -0.3 is 10.1 Å². The van der Waals surface area contributed by atoms with Crippen molar-refractivity contribution in [3.8, 4) is 11.8 Å². The molecule has 0 radical (unpaired) electrons. The Hall–Kier alpha value is -3.06. The first kappa shape index (κ1) is 18.3. The Morgan fingerprint density at radius 2 is 2.00 bits per heavy atom. The minimum Gasteiger partial charge on any atom is -0.494 e. The van der Waals surface area contributed by atoms with E-state index in [2.05, 4.69) is 5.32 Å². The molecule has 0 aliphatic rings. The van der Waals surface area contributed by atoms with Crippen molar-refractivity contribution in [3.05, 3.63) is 71.3 Å². The maximum Gasteiger partial charge on any atom is 0.262 e. The van der Waals surface area contributed by atoms with Crippen molar-refractivity contribution < 1.29 is 9.53 Å². The van der Waals surface area contributed by atoms with E-state index >= 15 is 0 Å². The number of rotatable bonds is 7. The molecule has 0 spiro atoms. The Kier molecular flexibility index (Phi) is 6.79. The van der Waals surface area contributed by atoms with Gasteiger partial charge in [-0.1, -0.05) is 49.4 Å². The fourth-order valence-electron chi connectivity index (χ4n) is 2.33. The van der Waals surface area contributed by atoms with Crippen LogP contribution in [-0.4, -0.2) is 12.5 Å². The Bertz CT molecular complexity index is 776. The van der Waals surface area contributed by atoms with Crippen LogP contribution in [0, 0.1) is 11.3 Å². The highest BCUT2D eigenvalue weighted by molar-refractivity contribution is 6.01. The molecule has 2 aromatic carbocycles. The highest BCUT2D eigenvalue weighted by Gasteiger charge is 2.13. The Morgan fingerprint density at radius 3 is 2.68 bits per heavy atom. The van der Waals surface area contributed by atoms with Crippen LogP contribution in [0.5, 0.6) is 5.75 Å². The van der Waals surface area contributed by atoms with Crippen LogP contribution >= 0.6 is 0 Å². The number of nitriles is 1. The number of amides is 1. The minimum absolute atomic E-state index is 0.0652. The summed E-state index contributed by atoms with van der Waals surface area (Å²) in [4.78, 5) is 12.4. The quantitative estimate of drug-likeness (QED) is 0.608. The number of carbonyl (C=O) groups is 1. The molecule has 0 bridgehead atoms. The summed E-state index contributed by atoms with van der Waals surface area (Å²) in [6.45, 7) is 4.56. The van der Waals surface area contributed by atoms with E-state index in [1.165, 1.54) is 0 Å². The fraction of sp³-hybridized carbons (Fsp3) is 0.238. The predicted octanol–water partition coefficient (Wildman–Crippen LogP) is 4.26. The average molecular weight is 334 g/mol. The normalized spacial score (nSPS) is 12.1. The van der Waals surface area contributed by atoms with Gasteiger partial charge in [-0.25, -0.2) is 0 Å². The number of hydrogen-bond donors (Lipinski definition) is 1. The average Bonchev–Trinajstić information content (AvgIpc) is 2.65. The molecule has 2 aromatic rings. The second kappa shape index (κ2) is 9.29. The smallest absolute Gasteiger partial charge is 0.262 e. The number of benzene rings is 2. The second-order valence-electron chi connectivity index (χ2n) is 5.70. The fourth-order valence-corrected chi connectivity index (χ4v) is 2.33. The summed E-state index contributed by atoms with van der Waals surface area (Å²) in [5.41, 5.74) is 1.81. The minimum atomic E-state index is -0.390. The maximum atomic E-state index is 12.4. The Morgan fingerprint density at radius 1 is 1.24 bits per heavy atom. The largest absolute Gasteiger partial charge is 0.494 e. The van der Waals surface area contributed by atoms with Crippen molar-refractivity contribution in [2.24, 2.45) is 0 Å². The molecule has 1 N–H and O–H groups in total. The first-order valence-corrected chi connectivity index (χ1v) is 8.34. The van der Waals surface area contributed by atoms with Gasteiger partial charge in [-0.05, 0) is 42.7 Å². The van der Waals surface area contributed by atoms with E-state index in [9.17, 15) is 10.1 Å². The molecule has 0 saturated carbocycles. The molecule has 0 saturated heterocycles. The van der Waals surface area contributed by atoms with Crippen LogP contribution in [0.15, 0.2) is 60.2 Å². The zero-order chi connectivity index (χ0) is 18.1. The van der Waals surface area contributed by atoms with Gasteiger partial charge in [0, 0.05) is 0 Å². The molecule has 4 heteroatoms. The zero-order valence-corrected chi connectivity index (χ0v) is 14.5. The third-order valence-electron chi connectivity index (χ3n) is 3.65. The third-order valence-corrected chi connectivity index (χ3v) is 3.65. The third kappa shape index (κ3) is 5.50. The summed E-state index contributed by atoms with van der Waals surface area (Å²) in [5.74, 6) is 0.338. The predicted molar refractivity (Wildman–Crippen MR) is 98.8 cm³/mol. The number of nitrogens with one attached hydrogen (secondary N) is 1. The van der Waals surface area contributed by atoms with Crippen LogP contribution in [0.4, 0.5) is 0 Å². The summed E-state index contributed by atoms with van der Waals surface area (Å²) < 4.78 is 5.58. The van der Waals surface area contributed by atoms with E-state index in [0.29, 0.717) is 6.61 Å². The SMILES string of the molecule is CCCOc1cccc(C=C(C#N)C(=O)NC(C)c2ccccc2)c1. The summed E-state index contributed by atoms with van der Waals surface area (Å²) in [6.07, 6.45) is 2.50. The molecule has 1 atom stereocenters. The van der Waals surface area contributed by atoms with Crippen molar-refractivity contribution >= 4 is 12.0 Å². The lowest BCUT2D eigenvalue weighted by atomic mass is 10.1. The van der Waals surface area contributed by atoms with Crippen LogP contribution in [0.25, 0.3) is 6.08 Å². The molecule has 1 amide bonds. The summed E-state index contributed by atoms with van der Waals surface area (Å²) in [5, 5.41) is 12.2. The lowest BCUT2D eigenvalue weighted by molar-refractivity contribution is -0.117. The van der Waals surface area contributed by atoms with Crippen molar-refractivity contribution in [2.75, 3.05) is 6.61 Å². The number of carbonyl (C=O) groups excluding carboxylic acids is 1. The van der Waals surface area contributed by atoms with E-state index in [4.69, 9.17) is 4.74 Å². The molecule has 2 rings (SSSR count). The van der Waals surface area contributed by atoms with E-state index in [1.54, 1.807) is 6.08 Å². The van der Waals surface area contributed by atoms with Gasteiger partial charge >= 0.3 is 0 Å². The number of nitrogens with zero attached hydrogens (tertiary/aromatic N) is 1. The van der Waals surface area contributed by atoms with Gasteiger partial charge in [-0.3, -0.25) is 4.79 Å². The molecule has 0 fully saturated rings. The summed E-state index contributed by atoms with van der Waals surface area (Å²) in [6, 6.07) is 18.8. The van der Waals surface area contributed by atoms with Crippen LogP contribution < -0.4 is 10.1 Å². The molecule has 0 heterocycles. The summed E-state index contributed by atoms with van der Waals surface area (Å²) >= 11 is 0. The maximum absolute atomic E-state index is 12.4. The second-order valence-corrected chi connectivity index (χ2v) is 5.70. The zero-order valence-electron chi connectivity index (χ0n) is 14.5. The van der Waals surface area contributed by atoms with Gasteiger partial charge in [-0.2, -0.15) is 5.26 Å². The van der Waals surface area contributed by atoms with E-state index < -0.39 is 5.91 Å². The van der Waals surface area contributed by atoms with E-state index in [0.717, 1.165) is 23.3 Å². The van der Waals surface area contributed by atoms with Gasteiger partial charge in [0.1, 0.15) is 17.4 Å². The molecule has 0 aromatic heterocycles. The number of ether oxygens (including phenoxy) is 1. The topological polar surface area (TPSA) is 62.1 Å². The highest BCUT2D eigenvalue weighted by Crippen LogP contribution is 2.17. The molecule has 0 aliphatic carbocycles. The lowest BCUT2D eigenvalue weighted by Crippen LogP contribution is -2.27. The monoisotopic (exact) mass is 334 g/mol. The summed E-state index contributed by atoms with van der Waals surface area (Å²) in [7, 11) is 0. The van der Waals surface area contributed by atoms with Crippen LogP contribution in [-0.2, 0) is 4.79 Å². The molecular formula is C21H22N2O2. The van der Waals surface area contributed by atoms with Crippen molar-refractivity contribution in [2.45, 2.75) is 26.3 Å². The van der Waals surface area contributed by atoms with Gasteiger partial charge in [0.15, 0.2) is 0 Å². The van der Waals surface area contributed by atoms with Crippen LogP contribution in [0.2, 0.25) is 0 Å². The van der Waals surface area contributed by atoms with Crippen LogP contribution in [0.1, 0.15) is 37.4 Å². The van der Waals surface area contributed by atoms with E-state index in [-0.39, 0.29) is 11.6 Å².